The zero-order valence-electron chi connectivity index (χ0n) is 7.66. The van der Waals surface area contributed by atoms with Crippen LogP contribution in [-0.2, 0) is 4.74 Å². The number of rotatable bonds is 3. The second kappa shape index (κ2) is 4.58. The molecule has 0 saturated heterocycles. The van der Waals surface area contributed by atoms with Gasteiger partial charge in [-0.1, -0.05) is 0 Å². The van der Waals surface area contributed by atoms with Crippen LogP contribution in [0.4, 0.5) is 0 Å². The lowest BCUT2D eigenvalue weighted by molar-refractivity contribution is 0.160. The molecule has 4 heteroatoms. The van der Waals surface area contributed by atoms with Gasteiger partial charge in [0.2, 0.25) is 0 Å². The van der Waals surface area contributed by atoms with Gasteiger partial charge in [0.1, 0.15) is 0 Å². The van der Waals surface area contributed by atoms with Crippen molar-refractivity contribution in [2.45, 2.75) is 13.0 Å². The van der Waals surface area contributed by atoms with Gasteiger partial charge < -0.3 is 9.30 Å². The van der Waals surface area contributed by atoms with Gasteiger partial charge >= 0.3 is 0 Å². The largest absolute Gasteiger partial charge is 0.383 e. The summed E-state index contributed by atoms with van der Waals surface area (Å²) < 4.78 is 7.52. The molecule has 1 rings (SSSR count). The van der Waals surface area contributed by atoms with Crippen molar-refractivity contribution in [3.8, 4) is 0 Å². The summed E-state index contributed by atoms with van der Waals surface area (Å²) >= 11 is 3.32. The first kappa shape index (κ1) is 10.5. The highest BCUT2D eigenvalue weighted by Gasteiger charge is 2.05. The Morgan fingerprint density at radius 3 is 2.92 bits per heavy atom. The van der Waals surface area contributed by atoms with Gasteiger partial charge in [-0.15, -0.1) is 0 Å². The van der Waals surface area contributed by atoms with E-state index >= 15 is 0 Å². The maximum absolute atomic E-state index is 11.4. The Morgan fingerprint density at radius 1 is 1.62 bits per heavy atom. The smallest absolute Gasteiger partial charge is 0.250 e. The van der Waals surface area contributed by atoms with Crippen molar-refractivity contribution in [1.29, 1.82) is 0 Å². The average molecular weight is 246 g/mol. The molecule has 72 valence electrons. The fraction of sp³-hybridized carbons (Fsp3) is 0.444. The first-order chi connectivity index (χ1) is 6.15. The lowest BCUT2D eigenvalue weighted by Crippen LogP contribution is -2.24. The molecule has 0 aromatic carbocycles. The van der Waals surface area contributed by atoms with Gasteiger partial charge in [0.05, 0.1) is 12.6 Å². The Balaban J connectivity index is 2.99. The number of aromatic nitrogens is 1. The van der Waals surface area contributed by atoms with Gasteiger partial charge in [0.25, 0.3) is 5.56 Å². The number of hydrogen-bond acceptors (Lipinski definition) is 2. The molecular formula is C9H12BrNO2. The summed E-state index contributed by atoms with van der Waals surface area (Å²) in [5.74, 6) is 0. The quantitative estimate of drug-likeness (QED) is 0.814. The molecule has 13 heavy (non-hydrogen) atoms. The van der Waals surface area contributed by atoms with Crippen molar-refractivity contribution < 1.29 is 4.74 Å². The van der Waals surface area contributed by atoms with E-state index < -0.39 is 0 Å². The first-order valence-corrected chi connectivity index (χ1v) is 4.81. The van der Waals surface area contributed by atoms with Crippen molar-refractivity contribution in [1.82, 2.24) is 4.57 Å². The Labute approximate surface area is 85.5 Å². The van der Waals surface area contributed by atoms with Gasteiger partial charge in [-0.2, -0.15) is 0 Å². The standard InChI is InChI=1S/C9H12BrNO2/c1-7(6-13-2)11-5-8(10)3-4-9(11)12/h3-5,7H,6H2,1-2H3. The Morgan fingerprint density at radius 2 is 2.31 bits per heavy atom. The van der Waals surface area contributed by atoms with Crippen molar-refractivity contribution in [3.05, 3.63) is 33.2 Å². The lowest BCUT2D eigenvalue weighted by Gasteiger charge is -2.13. The summed E-state index contributed by atoms with van der Waals surface area (Å²) in [7, 11) is 1.62. The van der Waals surface area contributed by atoms with E-state index in [1.807, 2.05) is 6.92 Å². The topological polar surface area (TPSA) is 31.2 Å². The molecule has 0 aliphatic carbocycles. The molecule has 1 heterocycles. The lowest BCUT2D eigenvalue weighted by atomic mass is 10.3. The van der Waals surface area contributed by atoms with Crippen LogP contribution in [0.5, 0.6) is 0 Å². The zero-order chi connectivity index (χ0) is 9.84. The van der Waals surface area contributed by atoms with E-state index in [1.54, 1.807) is 23.9 Å². The maximum Gasteiger partial charge on any atom is 0.250 e. The minimum atomic E-state index is -0.00671. The van der Waals surface area contributed by atoms with Crippen LogP contribution >= 0.6 is 15.9 Å². The van der Waals surface area contributed by atoms with Gasteiger partial charge in [0.15, 0.2) is 0 Å². The molecule has 3 nitrogen and oxygen atoms in total. The van der Waals surface area contributed by atoms with E-state index in [2.05, 4.69) is 15.9 Å². The first-order valence-electron chi connectivity index (χ1n) is 4.01. The van der Waals surface area contributed by atoms with E-state index in [1.165, 1.54) is 6.07 Å². The van der Waals surface area contributed by atoms with E-state index in [9.17, 15) is 4.79 Å². The molecule has 0 aliphatic heterocycles. The van der Waals surface area contributed by atoms with E-state index in [0.29, 0.717) is 6.61 Å². The molecule has 1 aromatic heterocycles. The highest BCUT2D eigenvalue weighted by Crippen LogP contribution is 2.09. The molecule has 0 amide bonds. The van der Waals surface area contributed by atoms with Crippen LogP contribution in [-0.4, -0.2) is 18.3 Å². The van der Waals surface area contributed by atoms with Crippen LogP contribution in [0.25, 0.3) is 0 Å². The zero-order valence-corrected chi connectivity index (χ0v) is 9.24. The Kier molecular flexibility index (Phi) is 3.69. The number of ether oxygens (including phenoxy) is 1. The predicted octanol–water partition coefficient (Wildman–Crippen LogP) is 1.82. The summed E-state index contributed by atoms with van der Waals surface area (Å²) in [6.45, 7) is 2.48. The van der Waals surface area contributed by atoms with E-state index in [4.69, 9.17) is 4.74 Å². The Hall–Kier alpha value is -0.610. The normalized spacial score (nSPS) is 12.8. The highest BCUT2D eigenvalue weighted by molar-refractivity contribution is 9.10. The summed E-state index contributed by atoms with van der Waals surface area (Å²) in [5, 5.41) is 0. The van der Waals surface area contributed by atoms with Crippen LogP contribution in [0, 0.1) is 0 Å². The molecule has 1 aromatic rings. The molecule has 0 radical (unpaired) electrons. The van der Waals surface area contributed by atoms with Gasteiger partial charge in [-0.05, 0) is 28.9 Å². The monoisotopic (exact) mass is 245 g/mol. The highest BCUT2D eigenvalue weighted by atomic mass is 79.9. The van der Waals surface area contributed by atoms with Crippen molar-refractivity contribution in [2.24, 2.45) is 0 Å². The van der Waals surface area contributed by atoms with Gasteiger partial charge in [-0.3, -0.25) is 4.79 Å². The summed E-state index contributed by atoms with van der Waals surface area (Å²) in [6, 6.07) is 3.34. The third kappa shape index (κ3) is 2.67. The number of hydrogen-bond donors (Lipinski definition) is 0. The molecule has 0 bridgehead atoms. The minimum Gasteiger partial charge on any atom is -0.383 e. The third-order valence-electron chi connectivity index (χ3n) is 1.78. The molecular weight excluding hydrogens is 234 g/mol. The summed E-state index contributed by atoms with van der Waals surface area (Å²) in [4.78, 5) is 11.4. The van der Waals surface area contributed by atoms with Crippen LogP contribution in [0.1, 0.15) is 13.0 Å². The number of nitrogens with zero attached hydrogens (tertiary/aromatic N) is 1. The molecule has 0 saturated carbocycles. The molecule has 1 atom stereocenters. The fourth-order valence-electron chi connectivity index (χ4n) is 1.14. The minimum absolute atomic E-state index is 0.00671. The van der Waals surface area contributed by atoms with Crippen LogP contribution in [0.15, 0.2) is 27.6 Å². The number of pyridine rings is 1. The van der Waals surface area contributed by atoms with Crippen LogP contribution in [0.3, 0.4) is 0 Å². The molecule has 0 spiro atoms. The van der Waals surface area contributed by atoms with Crippen molar-refractivity contribution >= 4 is 15.9 Å². The average Bonchev–Trinajstić information content (AvgIpc) is 2.09. The Bertz CT molecular complexity index is 335. The van der Waals surface area contributed by atoms with Crippen molar-refractivity contribution in [3.63, 3.8) is 0 Å². The summed E-state index contributed by atoms with van der Waals surface area (Å²) in [5.41, 5.74) is -0.00671. The number of halogens is 1. The predicted molar refractivity (Wildman–Crippen MR) is 55.0 cm³/mol. The molecule has 0 fully saturated rings. The second-order valence-electron chi connectivity index (χ2n) is 2.90. The third-order valence-corrected chi connectivity index (χ3v) is 2.25. The summed E-state index contributed by atoms with van der Waals surface area (Å²) in [6.07, 6.45) is 1.77. The molecule has 0 aliphatic rings. The van der Waals surface area contributed by atoms with Gasteiger partial charge in [0, 0.05) is 23.8 Å². The van der Waals surface area contributed by atoms with E-state index in [-0.39, 0.29) is 11.6 Å². The SMILES string of the molecule is COCC(C)n1cc(Br)ccc1=O. The van der Waals surface area contributed by atoms with E-state index in [0.717, 1.165) is 4.47 Å². The number of methoxy groups -OCH3 is 1. The second-order valence-corrected chi connectivity index (χ2v) is 3.81. The van der Waals surface area contributed by atoms with Crippen LogP contribution < -0.4 is 5.56 Å². The van der Waals surface area contributed by atoms with Crippen LogP contribution in [0.2, 0.25) is 0 Å². The molecule has 1 unspecified atom stereocenters. The van der Waals surface area contributed by atoms with Crippen molar-refractivity contribution in [2.75, 3.05) is 13.7 Å². The molecule has 0 N–H and O–H groups in total. The fourth-order valence-corrected chi connectivity index (χ4v) is 1.50. The van der Waals surface area contributed by atoms with Gasteiger partial charge in [-0.25, -0.2) is 0 Å². The maximum atomic E-state index is 11.4.